The van der Waals surface area contributed by atoms with Crippen LogP contribution in [0.1, 0.15) is 12.8 Å². The van der Waals surface area contributed by atoms with E-state index in [2.05, 4.69) is 15.5 Å². The van der Waals surface area contributed by atoms with Gasteiger partial charge < -0.3 is 10.2 Å². The Balaban J connectivity index is 1.65. The smallest absolute Gasteiger partial charge is 0.317 e. The molecule has 2 saturated heterocycles. The van der Waals surface area contributed by atoms with E-state index < -0.39 is 10.0 Å². The number of aromatic nitrogens is 2. The maximum absolute atomic E-state index is 12.3. The molecule has 2 aliphatic rings. The van der Waals surface area contributed by atoms with Gasteiger partial charge in [0, 0.05) is 32.2 Å². The molecule has 0 aromatic carbocycles. The quantitative estimate of drug-likeness (QED) is 0.792. The molecule has 0 saturated carbocycles. The highest BCUT2D eigenvalue weighted by Crippen LogP contribution is 2.22. The summed E-state index contributed by atoms with van der Waals surface area (Å²) in [4.78, 5) is 13.4. The van der Waals surface area contributed by atoms with Crippen LogP contribution in [0.15, 0.2) is 17.3 Å². The van der Waals surface area contributed by atoms with Crippen molar-refractivity contribution >= 4 is 16.1 Å². The number of nitrogens with one attached hydrogen (secondary N) is 2. The molecule has 8 nitrogen and oxygen atoms in total. The van der Waals surface area contributed by atoms with E-state index in [0.717, 1.165) is 0 Å². The fourth-order valence-corrected chi connectivity index (χ4v) is 4.13. The van der Waals surface area contributed by atoms with E-state index in [9.17, 15) is 13.2 Å². The average molecular weight is 299 g/mol. The molecule has 3 heterocycles. The van der Waals surface area contributed by atoms with Crippen molar-refractivity contribution in [1.82, 2.24) is 24.7 Å². The van der Waals surface area contributed by atoms with Gasteiger partial charge in [-0.2, -0.15) is 9.40 Å². The molecule has 1 aromatic heterocycles. The van der Waals surface area contributed by atoms with Gasteiger partial charge in [-0.1, -0.05) is 0 Å². The van der Waals surface area contributed by atoms with Crippen LogP contribution in [0.4, 0.5) is 4.79 Å². The van der Waals surface area contributed by atoms with E-state index in [1.807, 2.05) is 0 Å². The molecule has 2 amide bonds. The molecular weight excluding hydrogens is 282 g/mol. The molecule has 0 radical (unpaired) electrons. The summed E-state index contributed by atoms with van der Waals surface area (Å²) < 4.78 is 26.1. The lowest BCUT2D eigenvalue weighted by molar-refractivity contribution is 0.167. The van der Waals surface area contributed by atoms with Gasteiger partial charge in [0.2, 0.25) is 0 Å². The molecule has 110 valence electrons. The number of urea groups is 1. The number of sulfonamides is 1. The lowest BCUT2D eigenvalue weighted by Crippen LogP contribution is -2.47. The van der Waals surface area contributed by atoms with Gasteiger partial charge in [0.25, 0.3) is 10.0 Å². The van der Waals surface area contributed by atoms with Crippen LogP contribution in [0.25, 0.3) is 0 Å². The number of hydrogen-bond acceptors (Lipinski definition) is 4. The van der Waals surface area contributed by atoms with E-state index in [1.54, 1.807) is 4.90 Å². The summed E-state index contributed by atoms with van der Waals surface area (Å²) >= 11 is 0. The zero-order valence-corrected chi connectivity index (χ0v) is 11.8. The maximum Gasteiger partial charge on any atom is 0.317 e. The van der Waals surface area contributed by atoms with Crippen LogP contribution in [-0.4, -0.2) is 66.1 Å². The first kappa shape index (κ1) is 13.4. The zero-order chi connectivity index (χ0) is 14.2. The molecule has 3 rings (SSSR count). The Morgan fingerprint density at radius 3 is 2.55 bits per heavy atom. The second kappa shape index (κ2) is 5.06. The summed E-state index contributed by atoms with van der Waals surface area (Å²) in [5.41, 5.74) is 0. The van der Waals surface area contributed by atoms with Crippen LogP contribution < -0.4 is 5.32 Å². The molecule has 0 unspecified atom stereocenters. The summed E-state index contributed by atoms with van der Waals surface area (Å²) in [6.45, 7) is 2.23. The first-order chi connectivity index (χ1) is 9.59. The standard InChI is InChI=1S/C11H17N5O3S/c17-11-12-5-8-16(11)9-2-6-15(7-3-9)20(18,19)10-1-4-13-14-10/h1,4,9H,2-3,5-8H2,(H,12,17)(H,13,14). The second-order valence-electron chi connectivity index (χ2n) is 4.98. The molecule has 1 aromatic rings. The SMILES string of the molecule is O=C1NCCN1C1CCN(S(=O)(=O)c2ccn[nH]2)CC1. The van der Waals surface area contributed by atoms with Gasteiger partial charge in [-0.15, -0.1) is 0 Å². The fraction of sp³-hybridized carbons (Fsp3) is 0.636. The van der Waals surface area contributed by atoms with Crippen molar-refractivity contribution < 1.29 is 13.2 Å². The number of amides is 2. The Morgan fingerprint density at radius 2 is 2.00 bits per heavy atom. The van der Waals surface area contributed by atoms with E-state index in [1.165, 1.54) is 16.6 Å². The molecule has 20 heavy (non-hydrogen) atoms. The molecular formula is C11H17N5O3S. The van der Waals surface area contributed by atoms with Crippen molar-refractivity contribution in [3.63, 3.8) is 0 Å². The van der Waals surface area contributed by atoms with E-state index >= 15 is 0 Å². The minimum Gasteiger partial charge on any atom is -0.336 e. The molecule has 0 spiro atoms. The minimum atomic E-state index is -3.48. The van der Waals surface area contributed by atoms with Crippen molar-refractivity contribution in [3.8, 4) is 0 Å². The van der Waals surface area contributed by atoms with Crippen LogP contribution in [-0.2, 0) is 10.0 Å². The molecule has 0 aliphatic carbocycles. The van der Waals surface area contributed by atoms with Gasteiger partial charge in [0.15, 0.2) is 5.03 Å². The number of carbonyl (C=O) groups is 1. The van der Waals surface area contributed by atoms with Crippen molar-refractivity contribution in [2.45, 2.75) is 23.9 Å². The normalized spacial score (nSPS) is 22.2. The highest BCUT2D eigenvalue weighted by Gasteiger charge is 2.35. The molecule has 2 aliphatic heterocycles. The summed E-state index contributed by atoms with van der Waals surface area (Å²) in [5, 5.41) is 9.07. The first-order valence-corrected chi connectivity index (χ1v) is 8.07. The summed E-state index contributed by atoms with van der Waals surface area (Å²) in [6.07, 6.45) is 2.76. The van der Waals surface area contributed by atoms with Crippen LogP contribution in [0.3, 0.4) is 0 Å². The Bertz CT molecular complexity index is 577. The van der Waals surface area contributed by atoms with E-state index in [-0.39, 0.29) is 17.1 Å². The predicted octanol–water partition coefficient (Wildman–Crippen LogP) is -0.412. The van der Waals surface area contributed by atoms with Gasteiger partial charge in [-0.25, -0.2) is 13.2 Å². The van der Waals surface area contributed by atoms with Gasteiger partial charge in [0.05, 0.1) is 6.20 Å². The third-order valence-electron chi connectivity index (χ3n) is 3.85. The summed E-state index contributed by atoms with van der Waals surface area (Å²) in [5.74, 6) is 0. The van der Waals surface area contributed by atoms with Crippen LogP contribution >= 0.6 is 0 Å². The monoisotopic (exact) mass is 299 g/mol. The number of H-pyrrole nitrogens is 1. The number of rotatable bonds is 3. The fourth-order valence-electron chi connectivity index (χ4n) is 2.75. The molecule has 2 fully saturated rings. The number of piperidine rings is 1. The lowest BCUT2D eigenvalue weighted by atomic mass is 10.1. The van der Waals surface area contributed by atoms with Crippen molar-refractivity contribution in [1.29, 1.82) is 0 Å². The third kappa shape index (κ3) is 2.27. The highest BCUT2D eigenvalue weighted by atomic mass is 32.2. The Kier molecular flexibility index (Phi) is 3.38. The summed E-state index contributed by atoms with van der Waals surface area (Å²) in [7, 11) is -3.48. The maximum atomic E-state index is 12.3. The van der Waals surface area contributed by atoms with Gasteiger partial charge in [-0.05, 0) is 18.9 Å². The zero-order valence-electron chi connectivity index (χ0n) is 10.9. The topological polar surface area (TPSA) is 98.4 Å². The number of aromatic amines is 1. The Hall–Kier alpha value is -1.61. The van der Waals surface area contributed by atoms with Crippen LogP contribution in [0.2, 0.25) is 0 Å². The lowest BCUT2D eigenvalue weighted by Gasteiger charge is -2.35. The molecule has 9 heteroatoms. The van der Waals surface area contributed by atoms with Gasteiger partial charge in [-0.3, -0.25) is 5.10 Å². The van der Waals surface area contributed by atoms with Crippen molar-refractivity contribution in [3.05, 3.63) is 12.3 Å². The number of hydrogen-bond donors (Lipinski definition) is 2. The van der Waals surface area contributed by atoms with Crippen LogP contribution in [0.5, 0.6) is 0 Å². The van der Waals surface area contributed by atoms with Crippen LogP contribution in [0, 0.1) is 0 Å². The Morgan fingerprint density at radius 1 is 1.25 bits per heavy atom. The Labute approximate surface area is 117 Å². The molecule has 2 N–H and O–H groups in total. The number of carbonyl (C=O) groups excluding carboxylic acids is 1. The minimum absolute atomic E-state index is 0.0418. The van der Waals surface area contributed by atoms with Gasteiger partial charge in [0.1, 0.15) is 0 Å². The van der Waals surface area contributed by atoms with E-state index in [4.69, 9.17) is 0 Å². The second-order valence-corrected chi connectivity index (χ2v) is 6.89. The largest absolute Gasteiger partial charge is 0.336 e. The molecule has 0 bridgehead atoms. The number of nitrogens with zero attached hydrogens (tertiary/aromatic N) is 3. The van der Waals surface area contributed by atoms with Gasteiger partial charge >= 0.3 is 6.03 Å². The highest BCUT2D eigenvalue weighted by molar-refractivity contribution is 7.89. The van der Waals surface area contributed by atoms with Crippen molar-refractivity contribution in [2.75, 3.05) is 26.2 Å². The van der Waals surface area contributed by atoms with E-state index in [0.29, 0.717) is 39.0 Å². The molecule has 0 atom stereocenters. The summed E-state index contributed by atoms with van der Waals surface area (Å²) in [6, 6.07) is 1.54. The predicted molar refractivity (Wildman–Crippen MR) is 70.5 cm³/mol. The average Bonchev–Trinajstić information content (AvgIpc) is 3.10. The third-order valence-corrected chi connectivity index (χ3v) is 5.68. The van der Waals surface area contributed by atoms with Crippen molar-refractivity contribution in [2.24, 2.45) is 0 Å². The first-order valence-electron chi connectivity index (χ1n) is 6.63.